The molecule has 0 aromatic rings. The third-order valence-electron chi connectivity index (χ3n) is 3.91. The summed E-state index contributed by atoms with van der Waals surface area (Å²) < 4.78 is 11.6. The predicted octanol–water partition coefficient (Wildman–Crippen LogP) is 1.86. The van der Waals surface area contributed by atoms with Crippen molar-refractivity contribution in [2.75, 3.05) is 13.2 Å². The van der Waals surface area contributed by atoms with Crippen molar-refractivity contribution in [3.05, 3.63) is 12.7 Å². The molecule has 2 atom stereocenters. The number of hydrogen-bond donors (Lipinski definition) is 1. The van der Waals surface area contributed by atoms with E-state index in [1.54, 1.807) is 0 Å². The molecule has 2 fully saturated rings. The molecule has 1 heterocycles. The fourth-order valence-electron chi connectivity index (χ4n) is 2.91. The van der Waals surface area contributed by atoms with Gasteiger partial charge in [0.25, 0.3) is 0 Å². The van der Waals surface area contributed by atoms with Gasteiger partial charge in [0.05, 0.1) is 24.7 Å². The molecule has 15 heavy (non-hydrogen) atoms. The minimum absolute atomic E-state index is 0.344. The van der Waals surface area contributed by atoms with Gasteiger partial charge in [-0.05, 0) is 19.3 Å². The van der Waals surface area contributed by atoms with Crippen molar-refractivity contribution in [3.8, 4) is 0 Å². The van der Waals surface area contributed by atoms with E-state index in [9.17, 15) is 5.11 Å². The number of ether oxygens (including phenoxy) is 2. The van der Waals surface area contributed by atoms with Crippen LogP contribution in [0.1, 0.15) is 32.6 Å². The van der Waals surface area contributed by atoms with Gasteiger partial charge in [-0.3, -0.25) is 0 Å². The van der Waals surface area contributed by atoms with Crippen LogP contribution in [0.25, 0.3) is 0 Å². The summed E-state index contributed by atoms with van der Waals surface area (Å²) in [5, 5.41) is 10.2. The van der Waals surface area contributed by atoms with E-state index in [-0.39, 0.29) is 11.5 Å². The van der Waals surface area contributed by atoms with E-state index in [0.717, 1.165) is 25.7 Å². The van der Waals surface area contributed by atoms with Gasteiger partial charge < -0.3 is 14.6 Å². The van der Waals surface area contributed by atoms with Crippen molar-refractivity contribution in [1.29, 1.82) is 0 Å². The van der Waals surface area contributed by atoms with Gasteiger partial charge in [-0.15, -0.1) is 6.58 Å². The van der Waals surface area contributed by atoms with Crippen molar-refractivity contribution in [2.24, 2.45) is 5.41 Å². The minimum Gasteiger partial charge on any atom is -0.392 e. The smallest absolute Gasteiger partial charge is 0.176 e. The second kappa shape index (κ2) is 3.89. The lowest BCUT2D eigenvalue weighted by atomic mass is 9.66. The van der Waals surface area contributed by atoms with Crippen LogP contribution in [0.2, 0.25) is 0 Å². The largest absolute Gasteiger partial charge is 0.392 e. The van der Waals surface area contributed by atoms with E-state index in [1.807, 2.05) is 13.0 Å². The van der Waals surface area contributed by atoms with Crippen LogP contribution in [-0.2, 0) is 9.47 Å². The highest BCUT2D eigenvalue weighted by Crippen LogP contribution is 2.51. The highest BCUT2D eigenvalue weighted by Gasteiger charge is 2.57. The standard InChI is InChI=1S/C12H20O3/c1-3-6-11(2)10(13)5-4-7-12(11)14-8-9-15-12/h3,10,13H,1,4-9H2,2H3/t10-,11+/m0/s1. The molecular weight excluding hydrogens is 192 g/mol. The maximum Gasteiger partial charge on any atom is 0.176 e. The molecular formula is C12H20O3. The number of rotatable bonds is 2. The first-order chi connectivity index (χ1) is 7.15. The Kier molecular flexibility index (Phi) is 2.88. The van der Waals surface area contributed by atoms with Crippen LogP contribution in [0, 0.1) is 5.41 Å². The Labute approximate surface area is 91.1 Å². The average molecular weight is 212 g/mol. The maximum atomic E-state index is 10.2. The molecule has 0 bridgehead atoms. The summed E-state index contributed by atoms with van der Waals surface area (Å²) in [7, 11) is 0. The minimum atomic E-state index is -0.571. The first kappa shape index (κ1) is 11.1. The van der Waals surface area contributed by atoms with Gasteiger partial charge in [0.15, 0.2) is 5.79 Å². The predicted molar refractivity (Wildman–Crippen MR) is 57.4 cm³/mol. The van der Waals surface area contributed by atoms with Crippen molar-refractivity contribution >= 4 is 0 Å². The second-order valence-corrected chi connectivity index (χ2v) is 4.77. The lowest BCUT2D eigenvalue weighted by Gasteiger charge is -2.50. The Morgan fingerprint density at radius 1 is 1.47 bits per heavy atom. The summed E-state index contributed by atoms with van der Waals surface area (Å²) >= 11 is 0. The van der Waals surface area contributed by atoms with Gasteiger partial charge in [0.2, 0.25) is 0 Å². The fraction of sp³-hybridized carbons (Fsp3) is 0.833. The quantitative estimate of drug-likeness (QED) is 0.710. The topological polar surface area (TPSA) is 38.7 Å². The zero-order chi connectivity index (χ0) is 10.9. The monoisotopic (exact) mass is 212 g/mol. The second-order valence-electron chi connectivity index (χ2n) is 4.77. The third-order valence-corrected chi connectivity index (χ3v) is 3.91. The summed E-state index contributed by atoms with van der Waals surface area (Å²) in [5.74, 6) is -0.571. The van der Waals surface area contributed by atoms with Crippen molar-refractivity contribution in [2.45, 2.75) is 44.5 Å². The summed E-state index contributed by atoms with van der Waals surface area (Å²) in [4.78, 5) is 0. The zero-order valence-corrected chi connectivity index (χ0v) is 9.37. The summed E-state index contributed by atoms with van der Waals surface area (Å²) in [6.07, 6.45) is 4.90. The van der Waals surface area contributed by atoms with Crippen LogP contribution < -0.4 is 0 Å². The van der Waals surface area contributed by atoms with E-state index in [1.165, 1.54) is 0 Å². The van der Waals surface area contributed by atoms with Gasteiger partial charge in [0.1, 0.15) is 0 Å². The molecule has 86 valence electrons. The molecule has 0 aromatic carbocycles. The lowest BCUT2D eigenvalue weighted by Crippen LogP contribution is -2.56. The molecule has 2 aliphatic rings. The Bertz CT molecular complexity index is 245. The molecule has 3 heteroatoms. The van der Waals surface area contributed by atoms with E-state index in [0.29, 0.717) is 13.2 Å². The van der Waals surface area contributed by atoms with Crippen molar-refractivity contribution in [3.63, 3.8) is 0 Å². The highest BCUT2D eigenvalue weighted by atomic mass is 16.7. The Hall–Kier alpha value is -0.380. The first-order valence-electron chi connectivity index (χ1n) is 5.71. The summed E-state index contributed by atoms with van der Waals surface area (Å²) in [6, 6.07) is 0. The molecule has 3 nitrogen and oxygen atoms in total. The Morgan fingerprint density at radius 3 is 2.73 bits per heavy atom. The molecule has 2 rings (SSSR count). The number of hydrogen-bond acceptors (Lipinski definition) is 3. The summed E-state index contributed by atoms with van der Waals surface area (Å²) in [6.45, 7) is 7.09. The van der Waals surface area contributed by atoms with Crippen LogP contribution in [-0.4, -0.2) is 30.2 Å². The lowest BCUT2D eigenvalue weighted by molar-refractivity contribution is -0.277. The van der Waals surface area contributed by atoms with E-state index >= 15 is 0 Å². The first-order valence-corrected chi connectivity index (χ1v) is 5.71. The van der Waals surface area contributed by atoms with Crippen molar-refractivity contribution < 1.29 is 14.6 Å². The molecule has 1 saturated carbocycles. The molecule has 1 spiro atoms. The molecule has 1 aliphatic carbocycles. The van der Waals surface area contributed by atoms with Gasteiger partial charge in [-0.2, -0.15) is 0 Å². The maximum absolute atomic E-state index is 10.2. The Balaban J connectivity index is 2.29. The van der Waals surface area contributed by atoms with Crippen molar-refractivity contribution in [1.82, 2.24) is 0 Å². The highest BCUT2D eigenvalue weighted by molar-refractivity contribution is 5.03. The SMILES string of the molecule is C=CC[C@]1(C)[C@@H](O)CCCC12OCCO2. The van der Waals surface area contributed by atoms with Gasteiger partial charge in [0, 0.05) is 6.42 Å². The molecule has 0 aromatic heterocycles. The normalized spacial score (nSPS) is 39.5. The summed E-state index contributed by atoms with van der Waals surface area (Å²) in [5.41, 5.74) is -0.344. The van der Waals surface area contributed by atoms with Gasteiger partial charge >= 0.3 is 0 Å². The molecule has 1 N–H and O–H groups in total. The number of aliphatic hydroxyl groups excluding tert-OH is 1. The molecule has 0 amide bonds. The molecule has 1 aliphatic heterocycles. The third kappa shape index (κ3) is 1.53. The number of aliphatic hydroxyl groups is 1. The molecule has 1 saturated heterocycles. The Morgan fingerprint density at radius 2 is 2.13 bits per heavy atom. The molecule has 0 unspecified atom stereocenters. The average Bonchev–Trinajstić information content (AvgIpc) is 2.66. The van der Waals surface area contributed by atoms with E-state index < -0.39 is 5.79 Å². The van der Waals surface area contributed by atoms with Gasteiger partial charge in [-0.1, -0.05) is 13.0 Å². The number of allylic oxidation sites excluding steroid dienone is 1. The molecule has 0 radical (unpaired) electrons. The van der Waals surface area contributed by atoms with Crippen LogP contribution >= 0.6 is 0 Å². The van der Waals surface area contributed by atoms with E-state index in [4.69, 9.17) is 9.47 Å². The van der Waals surface area contributed by atoms with Crippen LogP contribution in [0.4, 0.5) is 0 Å². The van der Waals surface area contributed by atoms with Crippen LogP contribution in [0.5, 0.6) is 0 Å². The fourth-order valence-corrected chi connectivity index (χ4v) is 2.91. The van der Waals surface area contributed by atoms with E-state index in [2.05, 4.69) is 6.58 Å². The van der Waals surface area contributed by atoms with Gasteiger partial charge in [-0.25, -0.2) is 0 Å². The van der Waals surface area contributed by atoms with Crippen LogP contribution in [0.3, 0.4) is 0 Å². The zero-order valence-electron chi connectivity index (χ0n) is 9.37. The van der Waals surface area contributed by atoms with Crippen LogP contribution in [0.15, 0.2) is 12.7 Å².